The molecule has 1 unspecified atom stereocenters. The van der Waals surface area contributed by atoms with Crippen molar-refractivity contribution < 1.29 is 19.0 Å². The average Bonchev–Trinajstić information content (AvgIpc) is 2.43. The third-order valence-corrected chi connectivity index (χ3v) is 3.49. The minimum Gasteiger partial charge on any atom is -0.507 e. The Balaban J connectivity index is 2.00. The Labute approximate surface area is 115 Å². The molecule has 1 N–H and O–H groups in total. The first-order valence-corrected chi connectivity index (χ1v) is 6.70. The molecule has 1 aromatic carbocycles. The van der Waals surface area contributed by atoms with Crippen LogP contribution in [0.4, 0.5) is 0 Å². The summed E-state index contributed by atoms with van der Waals surface area (Å²) in [6.07, 6.45) is 2.72. The fraction of sp³-hybridized carbons (Fsp3) is 0.400. The first-order chi connectivity index (χ1) is 9.65. The van der Waals surface area contributed by atoms with Gasteiger partial charge < -0.3 is 19.0 Å². The van der Waals surface area contributed by atoms with Crippen LogP contribution in [-0.2, 0) is 4.74 Å². The molecule has 1 fully saturated rings. The molecule has 0 saturated carbocycles. The van der Waals surface area contributed by atoms with Crippen molar-refractivity contribution in [3.8, 4) is 11.5 Å². The van der Waals surface area contributed by atoms with Gasteiger partial charge in [-0.05, 0) is 31.9 Å². The van der Waals surface area contributed by atoms with Gasteiger partial charge in [0.1, 0.15) is 17.1 Å². The number of fused-ring (bicyclic) bond motifs is 1. The van der Waals surface area contributed by atoms with Gasteiger partial charge in [0.2, 0.25) is 0 Å². The molecule has 1 aromatic heterocycles. The van der Waals surface area contributed by atoms with E-state index >= 15 is 0 Å². The highest BCUT2D eigenvalue weighted by Crippen LogP contribution is 2.32. The molecule has 20 heavy (non-hydrogen) atoms. The van der Waals surface area contributed by atoms with Gasteiger partial charge >= 0.3 is 5.63 Å². The summed E-state index contributed by atoms with van der Waals surface area (Å²) in [6, 6.07) is 4.50. The molecule has 1 saturated heterocycles. The molecule has 5 nitrogen and oxygen atoms in total. The van der Waals surface area contributed by atoms with E-state index in [9.17, 15) is 9.90 Å². The molecular formula is C15H16O5. The summed E-state index contributed by atoms with van der Waals surface area (Å²) in [4.78, 5) is 11.4. The minimum absolute atomic E-state index is 0.0835. The molecule has 2 heterocycles. The normalized spacial score (nSPS) is 19.1. The van der Waals surface area contributed by atoms with Crippen LogP contribution < -0.4 is 10.4 Å². The zero-order chi connectivity index (χ0) is 14.1. The fourth-order valence-corrected chi connectivity index (χ4v) is 2.40. The van der Waals surface area contributed by atoms with Crippen LogP contribution in [0.15, 0.2) is 27.4 Å². The van der Waals surface area contributed by atoms with E-state index in [4.69, 9.17) is 13.9 Å². The maximum absolute atomic E-state index is 11.4. The van der Waals surface area contributed by atoms with E-state index in [1.165, 1.54) is 0 Å². The Morgan fingerprint density at radius 2 is 2.20 bits per heavy atom. The largest absolute Gasteiger partial charge is 0.507 e. The molecule has 1 aliphatic rings. The average molecular weight is 276 g/mol. The van der Waals surface area contributed by atoms with Crippen molar-refractivity contribution >= 4 is 11.0 Å². The highest BCUT2D eigenvalue weighted by Gasteiger charge is 2.18. The zero-order valence-corrected chi connectivity index (χ0v) is 11.2. The molecule has 1 aliphatic heterocycles. The van der Waals surface area contributed by atoms with Crippen molar-refractivity contribution in [1.82, 2.24) is 0 Å². The second-order valence-electron chi connectivity index (χ2n) is 4.93. The van der Waals surface area contributed by atoms with Gasteiger partial charge in [0.25, 0.3) is 0 Å². The molecule has 1 atom stereocenters. The number of hydrogen-bond acceptors (Lipinski definition) is 5. The molecular weight excluding hydrogens is 260 g/mol. The van der Waals surface area contributed by atoms with Gasteiger partial charge in [0, 0.05) is 12.0 Å². The Hall–Kier alpha value is -2.01. The summed E-state index contributed by atoms with van der Waals surface area (Å²) in [7, 11) is 0. The van der Waals surface area contributed by atoms with Crippen LogP contribution in [0, 0.1) is 6.92 Å². The fourth-order valence-electron chi connectivity index (χ4n) is 2.40. The third-order valence-electron chi connectivity index (χ3n) is 3.49. The molecule has 0 spiro atoms. The first kappa shape index (κ1) is 13.0. The van der Waals surface area contributed by atoms with Crippen LogP contribution in [0.25, 0.3) is 11.0 Å². The molecule has 106 valence electrons. The lowest BCUT2D eigenvalue weighted by Gasteiger charge is -2.24. The summed E-state index contributed by atoms with van der Waals surface area (Å²) in [6.45, 7) is 2.50. The smallest absolute Gasteiger partial charge is 0.339 e. The van der Waals surface area contributed by atoms with E-state index < -0.39 is 5.63 Å². The molecule has 0 amide bonds. The van der Waals surface area contributed by atoms with Gasteiger partial charge in [0.15, 0.2) is 6.29 Å². The van der Waals surface area contributed by atoms with Crippen LogP contribution in [0.3, 0.4) is 0 Å². The highest BCUT2D eigenvalue weighted by molar-refractivity contribution is 5.86. The third kappa shape index (κ3) is 2.36. The van der Waals surface area contributed by atoms with E-state index in [1.54, 1.807) is 19.1 Å². The van der Waals surface area contributed by atoms with Crippen LogP contribution in [0.5, 0.6) is 11.5 Å². The molecule has 0 radical (unpaired) electrons. The Bertz CT molecular complexity index is 682. The monoisotopic (exact) mass is 276 g/mol. The summed E-state index contributed by atoms with van der Waals surface area (Å²) >= 11 is 0. The quantitative estimate of drug-likeness (QED) is 0.854. The van der Waals surface area contributed by atoms with Crippen molar-refractivity contribution in [3.05, 3.63) is 34.2 Å². The second kappa shape index (κ2) is 5.17. The maximum atomic E-state index is 11.4. The topological polar surface area (TPSA) is 68.9 Å². The maximum Gasteiger partial charge on any atom is 0.339 e. The summed E-state index contributed by atoms with van der Waals surface area (Å²) in [5.74, 6) is 0.526. The van der Waals surface area contributed by atoms with Gasteiger partial charge in [0.05, 0.1) is 18.1 Å². The van der Waals surface area contributed by atoms with Gasteiger partial charge in [-0.1, -0.05) is 0 Å². The standard InChI is InChI=1S/C15H16O5/c1-9-12(19-14-4-2-3-7-18-14)6-5-10-11(16)8-13(17)20-15(9)10/h5-6,8,14,16H,2-4,7H2,1H3. The van der Waals surface area contributed by atoms with Crippen molar-refractivity contribution in [2.24, 2.45) is 0 Å². The van der Waals surface area contributed by atoms with E-state index in [0.29, 0.717) is 28.9 Å². The van der Waals surface area contributed by atoms with Gasteiger partial charge in [-0.25, -0.2) is 4.79 Å². The molecule has 0 bridgehead atoms. The number of aryl methyl sites for hydroxylation is 1. The predicted octanol–water partition coefficient (Wildman–Crippen LogP) is 2.71. The van der Waals surface area contributed by atoms with Gasteiger partial charge in [-0.3, -0.25) is 0 Å². The van der Waals surface area contributed by atoms with Crippen LogP contribution in [-0.4, -0.2) is 18.0 Å². The second-order valence-corrected chi connectivity index (χ2v) is 4.93. The predicted molar refractivity (Wildman–Crippen MR) is 73.1 cm³/mol. The van der Waals surface area contributed by atoms with E-state index in [1.807, 2.05) is 0 Å². The SMILES string of the molecule is Cc1c(OC2CCCCO2)ccc2c(O)cc(=O)oc12. The van der Waals surface area contributed by atoms with Crippen molar-refractivity contribution in [2.45, 2.75) is 32.5 Å². The van der Waals surface area contributed by atoms with E-state index in [-0.39, 0.29) is 12.0 Å². The molecule has 5 heteroatoms. The van der Waals surface area contributed by atoms with Crippen LogP contribution in [0.1, 0.15) is 24.8 Å². The Morgan fingerprint density at radius 3 is 2.95 bits per heavy atom. The number of benzene rings is 1. The number of hydrogen-bond donors (Lipinski definition) is 1. The van der Waals surface area contributed by atoms with Crippen LogP contribution in [0.2, 0.25) is 0 Å². The van der Waals surface area contributed by atoms with E-state index in [0.717, 1.165) is 25.3 Å². The number of rotatable bonds is 2. The first-order valence-electron chi connectivity index (χ1n) is 6.70. The lowest BCUT2D eigenvalue weighted by molar-refractivity contribution is -0.106. The lowest BCUT2D eigenvalue weighted by atomic mass is 10.1. The Kier molecular flexibility index (Phi) is 3.36. The van der Waals surface area contributed by atoms with Crippen molar-refractivity contribution in [2.75, 3.05) is 6.61 Å². The lowest BCUT2D eigenvalue weighted by Crippen LogP contribution is -2.25. The summed E-state index contributed by atoms with van der Waals surface area (Å²) in [5.41, 5.74) is 0.456. The van der Waals surface area contributed by atoms with E-state index in [2.05, 4.69) is 0 Å². The van der Waals surface area contributed by atoms with Gasteiger partial charge in [-0.15, -0.1) is 0 Å². The highest BCUT2D eigenvalue weighted by atomic mass is 16.7. The number of aromatic hydroxyl groups is 1. The Morgan fingerprint density at radius 1 is 1.35 bits per heavy atom. The molecule has 3 rings (SSSR count). The molecule has 0 aliphatic carbocycles. The minimum atomic E-state index is -0.579. The van der Waals surface area contributed by atoms with Crippen molar-refractivity contribution in [1.29, 1.82) is 0 Å². The van der Waals surface area contributed by atoms with Gasteiger partial charge in [-0.2, -0.15) is 0 Å². The number of ether oxygens (including phenoxy) is 2. The summed E-state index contributed by atoms with van der Waals surface area (Å²) < 4.78 is 16.5. The van der Waals surface area contributed by atoms with Crippen LogP contribution >= 0.6 is 0 Å². The molecule has 2 aromatic rings. The zero-order valence-electron chi connectivity index (χ0n) is 11.2. The summed E-state index contributed by atoms with van der Waals surface area (Å²) in [5, 5.41) is 10.3. The van der Waals surface area contributed by atoms with Crippen molar-refractivity contribution in [3.63, 3.8) is 0 Å².